The second-order valence-corrected chi connectivity index (χ2v) is 11.8. The fourth-order valence-electron chi connectivity index (χ4n) is 4.06. The summed E-state index contributed by atoms with van der Waals surface area (Å²) in [7, 11) is -0.0930. The van der Waals surface area contributed by atoms with Gasteiger partial charge in [-0.15, -0.1) is 0 Å². The maximum absolute atomic E-state index is 12.2. The number of amides is 1. The molecule has 0 heterocycles. The number of hydrogen-bond acceptors (Lipinski definition) is 2. The average molecular weight is 541 g/mol. The Morgan fingerprint density at radius 3 is 1.71 bits per heavy atom. The molecule has 0 atom stereocenters. The average Bonchev–Trinajstić information content (AvgIpc) is 2.86. The van der Waals surface area contributed by atoms with E-state index < -0.39 is 7.26 Å². The molecule has 0 aliphatic heterocycles. The molecule has 3 aromatic carbocycles. The lowest BCUT2D eigenvalue weighted by molar-refractivity contribution is -0.121. The number of halogens is 1. The molecule has 3 rings (SSSR count). The monoisotopic (exact) mass is 540 g/mol. The van der Waals surface area contributed by atoms with Gasteiger partial charge in [-0.3, -0.25) is 10.2 Å². The Morgan fingerprint density at radius 2 is 1.29 bits per heavy atom. The van der Waals surface area contributed by atoms with Crippen LogP contribution < -0.4 is 43.9 Å². The van der Waals surface area contributed by atoms with Gasteiger partial charge < -0.3 is 32.9 Å². The number of hydrogen-bond donors (Lipinski definition) is 3. The van der Waals surface area contributed by atoms with Crippen molar-refractivity contribution in [1.29, 1.82) is 5.41 Å². The quantitative estimate of drug-likeness (QED) is 0.139. The summed E-state index contributed by atoms with van der Waals surface area (Å²) in [6.45, 7) is 1.10. The van der Waals surface area contributed by atoms with Gasteiger partial charge in [-0.2, -0.15) is 0 Å². The molecular formula is C27H34BrN4OP. The van der Waals surface area contributed by atoms with Crippen LogP contribution in [-0.2, 0) is 4.79 Å². The fourth-order valence-corrected chi connectivity index (χ4v) is 8.47. The number of nitrogens with zero attached hydrogens (tertiary/aromatic N) is 1. The summed E-state index contributed by atoms with van der Waals surface area (Å²) in [5.41, 5.74) is 5.43. The number of guanidine groups is 1. The molecule has 0 unspecified atom stereocenters. The van der Waals surface area contributed by atoms with E-state index in [0.717, 1.165) is 19.0 Å². The van der Waals surface area contributed by atoms with Gasteiger partial charge >= 0.3 is 0 Å². The van der Waals surface area contributed by atoms with Crippen molar-refractivity contribution in [2.45, 2.75) is 19.3 Å². The van der Waals surface area contributed by atoms with Gasteiger partial charge in [0.15, 0.2) is 5.96 Å². The van der Waals surface area contributed by atoms with E-state index in [2.05, 4.69) is 96.3 Å². The van der Waals surface area contributed by atoms with Gasteiger partial charge in [0.05, 0.1) is 6.16 Å². The molecule has 0 bridgehead atoms. The van der Waals surface area contributed by atoms with Crippen LogP contribution in [0.5, 0.6) is 0 Å². The molecule has 0 spiro atoms. The summed E-state index contributed by atoms with van der Waals surface area (Å²) >= 11 is 0. The minimum absolute atomic E-state index is 0. The Morgan fingerprint density at radius 1 is 0.853 bits per heavy atom. The molecule has 4 N–H and O–H groups in total. The summed E-state index contributed by atoms with van der Waals surface area (Å²) in [6, 6.07) is 32.6. The van der Waals surface area contributed by atoms with Gasteiger partial charge in [0, 0.05) is 26.6 Å². The van der Waals surface area contributed by atoms with Crippen LogP contribution in [0.25, 0.3) is 0 Å². The second-order valence-electron chi connectivity index (χ2n) is 8.15. The Balaban J connectivity index is 0.00000408. The predicted molar refractivity (Wildman–Crippen MR) is 141 cm³/mol. The van der Waals surface area contributed by atoms with Crippen LogP contribution in [0.3, 0.4) is 0 Å². The van der Waals surface area contributed by atoms with E-state index in [-0.39, 0.29) is 28.8 Å². The van der Waals surface area contributed by atoms with Crippen molar-refractivity contribution in [3.05, 3.63) is 91.0 Å². The number of nitrogens with one attached hydrogen (secondary N) is 2. The third-order valence-electron chi connectivity index (χ3n) is 5.92. The van der Waals surface area contributed by atoms with Gasteiger partial charge in [-0.05, 0) is 49.2 Å². The number of benzene rings is 3. The van der Waals surface area contributed by atoms with E-state index in [1.807, 2.05) is 0 Å². The van der Waals surface area contributed by atoms with Gasteiger partial charge in [0.1, 0.15) is 23.2 Å². The Bertz CT molecular complexity index is 922. The third-order valence-corrected chi connectivity index (χ3v) is 10.4. The van der Waals surface area contributed by atoms with Crippen molar-refractivity contribution >= 4 is 35.0 Å². The van der Waals surface area contributed by atoms with Gasteiger partial charge in [0.2, 0.25) is 5.91 Å². The van der Waals surface area contributed by atoms with E-state index in [9.17, 15) is 4.79 Å². The molecule has 3 aromatic rings. The largest absolute Gasteiger partial charge is 1.00 e. The van der Waals surface area contributed by atoms with Crippen LogP contribution in [-0.4, -0.2) is 43.1 Å². The zero-order chi connectivity index (χ0) is 23.5. The van der Waals surface area contributed by atoms with Crippen molar-refractivity contribution < 1.29 is 21.8 Å². The van der Waals surface area contributed by atoms with Gasteiger partial charge in [-0.1, -0.05) is 54.6 Å². The lowest BCUT2D eigenvalue weighted by Gasteiger charge is -2.27. The maximum atomic E-state index is 12.2. The fraction of sp³-hybridized carbons (Fsp3) is 0.259. The molecule has 0 aliphatic rings. The third kappa shape index (κ3) is 7.15. The molecule has 0 fully saturated rings. The van der Waals surface area contributed by atoms with Gasteiger partial charge in [0.25, 0.3) is 0 Å². The summed E-state index contributed by atoms with van der Waals surface area (Å²) in [4.78, 5) is 13.7. The van der Waals surface area contributed by atoms with Crippen LogP contribution >= 0.6 is 7.26 Å². The smallest absolute Gasteiger partial charge is 0.221 e. The van der Waals surface area contributed by atoms with Crippen molar-refractivity contribution in [2.24, 2.45) is 5.73 Å². The van der Waals surface area contributed by atoms with Crippen molar-refractivity contribution in [1.82, 2.24) is 10.2 Å². The Labute approximate surface area is 214 Å². The standard InChI is InChI=1S/C27H33N4OP.BrH/c1-31(27(28)29)21-19-26(32)30-20-11-12-22-33(23-13-5-2-6-14-23,24-15-7-3-8-16-24)25-17-9-4-10-18-25;/h2-10,13-18H,11-12,19-22H2,1H3,(H3-,28,29,30,32);1H. The van der Waals surface area contributed by atoms with E-state index >= 15 is 0 Å². The number of carbonyl (C=O) groups is 1. The Hall–Kier alpha value is -2.69. The zero-order valence-electron chi connectivity index (χ0n) is 19.7. The minimum Gasteiger partial charge on any atom is -1.00 e. The summed E-state index contributed by atoms with van der Waals surface area (Å²) in [5.74, 6) is -0.0239. The molecule has 0 radical (unpaired) electrons. The lowest BCUT2D eigenvalue weighted by atomic mass is 10.3. The minimum atomic E-state index is -1.81. The van der Waals surface area contributed by atoms with Crippen LogP contribution in [0.4, 0.5) is 0 Å². The van der Waals surface area contributed by atoms with Crippen molar-refractivity contribution in [2.75, 3.05) is 26.3 Å². The first-order valence-electron chi connectivity index (χ1n) is 11.4. The highest BCUT2D eigenvalue weighted by atomic mass is 79.9. The SMILES string of the molecule is CN(CCC(=O)NCCCC[P+](c1ccccc1)(c1ccccc1)c1ccccc1)C(=N)N.[Br-]. The highest BCUT2D eigenvalue weighted by Gasteiger charge is 2.44. The maximum Gasteiger partial charge on any atom is 0.221 e. The normalized spacial score (nSPS) is 10.7. The molecule has 7 heteroatoms. The highest BCUT2D eigenvalue weighted by Crippen LogP contribution is 2.55. The highest BCUT2D eigenvalue weighted by molar-refractivity contribution is 7.95. The van der Waals surface area contributed by atoms with E-state index in [1.165, 1.54) is 15.9 Å². The van der Waals surface area contributed by atoms with Gasteiger partial charge in [-0.25, -0.2) is 0 Å². The molecular weight excluding hydrogens is 507 g/mol. The van der Waals surface area contributed by atoms with Crippen LogP contribution in [0.15, 0.2) is 91.0 Å². The molecule has 34 heavy (non-hydrogen) atoms. The number of carbonyl (C=O) groups excluding carboxylic acids is 1. The molecule has 1 amide bonds. The predicted octanol–water partition coefficient (Wildman–Crippen LogP) is 0.0963. The Kier molecular flexibility index (Phi) is 11.2. The molecule has 0 aliphatic carbocycles. The second kappa shape index (κ2) is 13.9. The number of nitrogens with two attached hydrogens (primary N) is 1. The lowest BCUT2D eigenvalue weighted by Crippen LogP contribution is -3.00. The van der Waals surface area contributed by atoms with E-state index in [1.54, 1.807) is 11.9 Å². The van der Waals surface area contributed by atoms with E-state index in [0.29, 0.717) is 19.5 Å². The number of unbranched alkanes of at least 4 members (excludes halogenated alkanes) is 1. The summed E-state index contributed by atoms with van der Waals surface area (Å²) in [6.07, 6.45) is 3.32. The topological polar surface area (TPSA) is 82.2 Å². The first-order chi connectivity index (χ1) is 16.0. The zero-order valence-corrected chi connectivity index (χ0v) is 22.1. The first-order valence-corrected chi connectivity index (χ1v) is 13.4. The molecule has 0 saturated carbocycles. The van der Waals surface area contributed by atoms with E-state index in [4.69, 9.17) is 11.1 Å². The number of rotatable bonds is 11. The molecule has 180 valence electrons. The van der Waals surface area contributed by atoms with Crippen LogP contribution in [0, 0.1) is 5.41 Å². The van der Waals surface area contributed by atoms with Crippen LogP contribution in [0.2, 0.25) is 0 Å². The van der Waals surface area contributed by atoms with Crippen LogP contribution in [0.1, 0.15) is 19.3 Å². The summed E-state index contributed by atoms with van der Waals surface area (Å²) < 4.78 is 0. The summed E-state index contributed by atoms with van der Waals surface area (Å²) in [5, 5.41) is 14.6. The van der Waals surface area contributed by atoms with Crippen molar-refractivity contribution in [3.8, 4) is 0 Å². The van der Waals surface area contributed by atoms with Crippen molar-refractivity contribution in [3.63, 3.8) is 0 Å². The molecule has 0 saturated heterocycles. The molecule has 0 aromatic heterocycles. The molecule has 5 nitrogen and oxygen atoms in total. The first kappa shape index (κ1) is 27.6.